The van der Waals surface area contributed by atoms with E-state index >= 15 is 0 Å². The van der Waals surface area contributed by atoms with Crippen LogP contribution in [0, 0.1) is 0 Å². The summed E-state index contributed by atoms with van der Waals surface area (Å²) in [5.74, 6) is 3.76. The van der Waals surface area contributed by atoms with Gasteiger partial charge in [-0.15, -0.1) is 10.2 Å². The van der Waals surface area contributed by atoms with Crippen molar-refractivity contribution in [1.29, 1.82) is 0 Å². The van der Waals surface area contributed by atoms with E-state index in [0.29, 0.717) is 49.7 Å². The number of amides is 1. The highest BCUT2D eigenvalue weighted by molar-refractivity contribution is 7.99. The Kier molecular flexibility index (Phi) is 6.75. The third-order valence-corrected chi connectivity index (χ3v) is 6.49. The zero-order chi connectivity index (χ0) is 23.3. The monoisotopic (exact) mass is 482 g/mol. The van der Waals surface area contributed by atoms with Crippen molar-refractivity contribution < 1.29 is 23.7 Å². The van der Waals surface area contributed by atoms with Crippen molar-refractivity contribution >= 4 is 17.7 Å². The van der Waals surface area contributed by atoms with Crippen LogP contribution in [0.1, 0.15) is 18.4 Å². The zero-order valence-electron chi connectivity index (χ0n) is 18.9. The lowest BCUT2D eigenvalue weighted by Crippen LogP contribution is -2.24. The van der Waals surface area contributed by atoms with Gasteiger partial charge in [0.25, 0.3) is 0 Å². The summed E-state index contributed by atoms with van der Waals surface area (Å²) in [6.07, 6.45) is 1.71. The summed E-state index contributed by atoms with van der Waals surface area (Å²) in [4.78, 5) is 12.4. The average molecular weight is 483 g/mol. The van der Waals surface area contributed by atoms with Crippen LogP contribution in [0.15, 0.2) is 41.6 Å². The first-order chi connectivity index (χ1) is 16.7. The number of carbonyl (C=O) groups excluding carboxylic acids is 1. The zero-order valence-corrected chi connectivity index (χ0v) is 19.7. The van der Waals surface area contributed by atoms with Crippen LogP contribution in [0.5, 0.6) is 23.0 Å². The van der Waals surface area contributed by atoms with Gasteiger partial charge in [-0.3, -0.25) is 4.79 Å². The molecule has 2 aliphatic heterocycles. The Morgan fingerprint density at radius 3 is 2.29 bits per heavy atom. The van der Waals surface area contributed by atoms with E-state index in [0.717, 1.165) is 41.2 Å². The highest BCUT2D eigenvalue weighted by atomic mass is 32.2. The lowest BCUT2D eigenvalue weighted by Gasteiger charge is -2.10. The summed E-state index contributed by atoms with van der Waals surface area (Å²) in [6.45, 7) is 2.97. The quantitative estimate of drug-likeness (QED) is 0.535. The van der Waals surface area contributed by atoms with Crippen molar-refractivity contribution in [2.24, 2.45) is 7.05 Å². The summed E-state index contributed by atoms with van der Waals surface area (Å²) in [7, 11) is 1.89. The van der Waals surface area contributed by atoms with Gasteiger partial charge >= 0.3 is 0 Å². The highest BCUT2D eigenvalue weighted by Crippen LogP contribution is 2.34. The fraction of sp³-hybridized carbons (Fsp3) is 0.375. The smallest absolute Gasteiger partial charge is 0.230 e. The van der Waals surface area contributed by atoms with Gasteiger partial charge in [0.05, 0.1) is 32.2 Å². The topological polar surface area (TPSA) is 96.7 Å². The molecule has 0 radical (unpaired) electrons. The maximum atomic E-state index is 12.4. The van der Waals surface area contributed by atoms with Gasteiger partial charge < -0.3 is 28.8 Å². The second-order valence-corrected chi connectivity index (χ2v) is 8.92. The summed E-state index contributed by atoms with van der Waals surface area (Å²) >= 11 is 1.34. The van der Waals surface area contributed by atoms with Crippen molar-refractivity contribution in [3.63, 3.8) is 0 Å². The number of benzene rings is 2. The molecule has 3 heterocycles. The Labute approximate surface area is 201 Å². The van der Waals surface area contributed by atoms with Gasteiger partial charge in [-0.05, 0) is 35.9 Å². The Morgan fingerprint density at radius 1 is 0.912 bits per heavy atom. The largest absolute Gasteiger partial charge is 0.490 e. The molecular weight excluding hydrogens is 456 g/mol. The van der Waals surface area contributed by atoms with Gasteiger partial charge in [-0.25, -0.2) is 0 Å². The molecule has 0 saturated carbocycles. The van der Waals surface area contributed by atoms with Gasteiger partial charge in [-0.1, -0.05) is 17.8 Å². The van der Waals surface area contributed by atoms with Gasteiger partial charge in [0.1, 0.15) is 0 Å². The second kappa shape index (κ2) is 10.3. The lowest BCUT2D eigenvalue weighted by molar-refractivity contribution is -0.118. The first kappa shape index (κ1) is 22.4. The molecule has 0 aliphatic carbocycles. The molecule has 1 aromatic heterocycles. The molecule has 0 saturated heterocycles. The fourth-order valence-corrected chi connectivity index (χ4v) is 4.43. The van der Waals surface area contributed by atoms with Crippen LogP contribution in [-0.4, -0.2) is 52.9 Å². The fourth-order valence-electron chi connectivity index (χ4n) is 3.69. The van der Waals surface area contributed by atoms with Crippen LogP contribution in [0.3, 0.4) is 0 Å². The Morgan fingerprint density at radius 2 is 1.56 bits per heavy atom. The van der Waals surface area contributed by atoms with E-state index in [-0.39, 0.29) is 11.7 Å². The minimum atomic E-state index is -0.0859. The molecule has 9 nitrogen and oxygen atoms in total. The maximum absolute atomic E-state index is 12.4. The summed E-state index contributed by atoms with van der Waals surface area (Å²) < 4.78 is 24.7. The van der Waals surface area contributed by atoms with Crippen LogP contribution in [0.4, 0.5) is 0 Å². The Bertz CT molecular complexity index is 1180. The van der Waals surface area contributed by atoms with Crippen LogP contribution in [0.2, 0.25) is 0 Å². The van der Waals surface area contributed by atoms with Gasteiger partial charge in [0, 0.05) is 32.0 Å². The normalized spacial score (nSPS) is 14.7. The third kappa shape index (κ3) is 5.06. The number of hydrogen-bond acceptors (Lipinski definition) is 8. The van der Waals surface area contributed by atoms with Crippen LogP contribution < -0.4 is 24.3 Å². The van der Waals surface area contributed by atoms with Crippen LogP contribution in [-0.2, 0) is 18.4 Å². The summed E-state index contributed by atoms with van der Waals surface area (Å²) in [6, 6.07) is 11.5. The van der Waals surface area contributed by atoms with E-state index in [4.69, 9.17) is 18.9 Å². The van der Waals surface area contributed by atoms with Gasteiger partial charge in [0.15, 0.2) is 34.0 Å². The van der Waals surface area contributed by atoms with E-state index in [1.807, 2.05) is 48.0 Å². The molecule has 5 rings (SSSR count). The molecule has 10 heteroatoms. The number of rotatable bonds is 6. The highest BCUT2D eigenvalue weighted by Gasteiger charge is 2.17. The van der Waals surface area contributed by atoms with Crippen molar-refractivity contribution in [2.75, 3.05) is 32.2 Å². The number of carbonyl (C=O) groups is 1. The molecule has 1 amide bonds. The van der Waals surface area contributed by atoms with Crippen molar-refractivity contribution in [2.45, 2.75) is 24.5 Å². The predicted molar refractivity (Wildman–Crippen MR) is 127 cm³/mol. The van der Waals surface area contributed by atoms with E-state index in [9.17, 15) is 4.79 Å². The number of hydrogen-bond donors (Lipinski definition) is 1. The first-order valence-corrected chi connectivity index (χ1v) is 12.2. The number of thioether (sulfide) groups is 1. The molecule has 178 valence electrons. The Balaban J connectivity index is 1.17. The molecular formula is C24H26N4O5S. The molecule has 3 aromatic rings. The molecule has 0 spiro atoms. The molecule has 0 atom stereocenters. The molecule has 2 aliphatic rings. The Hall–Kier alpha value is -3.40. The molecule has 1 N–H and O–H groups in total. The van der Waals surface area contributed by atoms with E-state index in [1.54, 1.807) is 0 Å². The number of aromatic nitrogens is 3. The summed E-state index contributed by atoms with van der Waals surface area (Å²) in [5.41, 5.74) is 1.84. The molecule has 2 aromatic carbocycles. The van der Waals surface area contributed by atoms with Crippen molar-refractivity contribution in [1.82, 2.24) is 20.1 Å². The summed E-state index contributed by atoms with van der Waals surface area (Å²) in [5, 5.41) is 12.2. The lowest BCUT2D eigenvalue weighted by atomic mass is 10.2. The molecule has 0 bridgehead atoms. The van der Waals surface area contributed by atoms with Crippen molar-refractivity contribution in [3.05, 3.63) is 42.0 Å². The van der Waals surface area contributed by atoms with Gasteiger partial charge in [-0.2, -0.15) is 0 Å². The SMILES string of the molecule is Cn1c(SCC(=O)NCc2ccc3c(c2)OCCCO3)nnc1-c1ccc2c(c1)OCCCO2. The molecule has 34 heavy (non-hydrogen) atoms. The first-order valence-electron chi connectivity index (χ1n) is 11.2. The number of fused-ring (bicyclic) bond motifs is 2. The molecule has 0 unspecified atom stereocenters. The minimum absolute atomic E-state index is 0.0859. The van der Waals surface area contributed by atoms with E-state index in [2.05, 4.69) is 15.5 Å². The number of nitrogens with one attached hydrogen (secondary N) is 1. The number of nitrogens with zero attached hydrogens (tertiary/aromatic N) is 3. The van der Waals surface area contributed by atoms with Crippen LogP contribution in [0.25, 0.3) is 11.4 Å². The average Bonchev–Trinajstić information content (AvgIpc) is 3.03. The van der Waals surface area contributed by atoms with Crippen molar-refractivity contribution in [3.8, 4) is 34.4 Å². The predicted octanol–water partition coefficient (Wildman–Crippen LogP) is 3.21. The number of ether oxygens (including phenoxy) is 4. The second-order valence-electron chi connectivity index (χ2n) is 7.97. The third-order valence-electron chi connectivity index (χ3n) is 5.47. The van der Waals surface area contributed by atoms with E-state index in [1.165, 1.54) is 11.8 Å². The molecule has 0 fully saturated rings. The standard InChI is InChI=1S/C24H26N4O5S/c1-28-23(17-5-7-19-21(13-17)33-11-3-9-31-19)26-27-24(28)34-15-22(29)25-14-16-4-6-18-20(12-16)32-10-2-8-30-18/h4-7,12-13H,2-3,8-11,14-15H2,1H3,(H,25,29). The van der Waals surface area contributed by atoms with Crippen LogP contribution >= 0.6 is 11.8 Å². The van der Waals surface area contributed by atoms with E-state index < -0.39 is 0 Å². The van der Waals surface area contributed by atoms with Gasteiger partial charge in [0.2, 0.25) is 5.91 Å². The minimum Gasteiger partial charge on any atom is -0.490 e. The maximum Gasteiger partial charge on any atom is 0.230 e.